The first-order valence-corrected chi connectivity index (χ1v) is 7.63. The predicted octanol–water partition coefficient (Wildman–Crippen LogP) is 3.22. The van der Waals surface area contributed by atoms with E-state index in [-0.39, 0.29) is 0 Å². The SMILES string of the molecule is c1ccc2c(CNCC3CCCS3)ccnc2c1. The van der Waals surface area contributed by atoms with Crippen molar-refractivity contribution < 1.29 is 0 Å². The average molecular weight is 258 g/mol. The molecule has 0 saturated carbocycles. The Balaban J connectivity index is 1.66. The lowest BCUT2D eigenvalue weighted by Gasteiger charge is -2.11. The number of nitrogens with one attached hydrogen (secondary N) is 1. The van der Waals surface area contributed by atoms with E-state index in [1.54, 1.807) is 0 Å². The number of rotatable bonds is 4. The molecule has 1 N–H and O–H groups in total. The summed E-state index contributed by atoms with van der Waals surface area (Å²) in [5.74, 6) is 1.34. The molecule has 2 nitrogen and oxygen atoms in total. The lowest BCUT2D eigenvalue weighted by Crippen LogP contribution is -2.22. The molecule has 1 saturated heterocycles. The molecule has 1 aliphatic heterocycles. The zero-order valence-corrected chi connectivity index (χ0v) is 11.2. The Morgan fingerprint density at radius 1 is 1.28 bits per heavy atom. The van der Waals surface area contributed by atoms with Crippen molar-refractivity contribution in [3.63, 3.8) is 0 Å². The lowest BCUT2D eigenvalue weighted by atomic mass is 10.1. The van der Waals surface area contributed by atoms with Crippen LogP contribution in [0.3, 0.4) is 0 Å². The number of hydrogen-bond acceptors (Lipinski definition) is 3. The zero-order chi connectivity index (χ0) is 12.2. The Labute approximate surface area is 112 Å². The molecular formula is C15H18N2S. The number of fused-ring (bicyclic) bond motifs is 1. The smallest absolute Gasteiger partial charge is 0.0705 e. The van der Waals surface area contributed by atoms with E-state index in [9.17, 15) is 0 Å². The molecule has 18 heavy (non-hydrogen) atoms. The molecule has 94 valence electrons. The molecule has 1 unspecified atom stereocenters. The fourth-order valence-electron chi connectivity index (χ4n) is 2.48. The quantitative estimate of drug-likeness (QED) is 0.911. The largest absolute Gasteiger partial charge is 0.312 e. The van der Waals surface area contributed by atoms with E-state index in [1.807, 2.05) is 12.3 Å². The third-order valence-electron chi connectivity index (χ3n) is 3.45. The maximum atomic E-state index is 4.40. The molecule has 2 heterocycles. The number of pyridine rings is 1. The second-order valence-corrected chi connectivity index (χ2v) is 6.16. The van der Waals surface area contributed by atoms with Gasteiger partial charge in [0.15, 0.2) is 0 Å². The van der Waals surface area contributed by atoms with Gasteiger partial charge >= 0.3 is 0 Å². The van der Waals surface area contributed by atoms with Crippen LogP contribution in [-0.2, 0) is 6.54 Å². The van der Waals surface area contributed by atoms with Crippen LogP contribution in [-0.4, -0.2) is 22.5 Å². The summed E-state index contributed by atoms with van der Waals surface area (Å²) in [6, 6.07) is 10.5. The fraction of sp³-hybridized carbons (Fsp3) is 0.400. The van der Waals surface area contributed by atoms with Gasteiger partial charge in [0.2, 0.25) is 0 Å². The predicted molar refractivity (Wildman–Crippen MR) is 78.9 cm³/mol. The monoisotopic (exact) mass is 258 g/mol. The molecule has 0 aliphatic carbocycles. The number of para-hydroxylation sites is 1. The number of benzene rings is 1. The van der Waals surface area contributed by atoms with Crippen LogP contribution in [0.2, 0.25) is 0 Å². The van der Waals surface area contributed by atoms with E-state index in [4.69, 9.17) is 0 Å². The van der Waals surface area contributed by atoms with Crippen LogP contribution in [0.25, 0.3) is 10.9 Å². The topological polar surface area (TPSA) is 24.9 Å². The van der Waals surface area contributed by atoms with Gasteiger partial charge in [-0.2, -0.15) is 11.8 Å². The first-order chi connectivity index (χ1) is 8.93. The normalized spacial score (nSPS) is 19.4. The molecule has 0 radical (unpaired) electrons. The number of aromatic nitrogens is 1. The second kappa shape index (κ2) is 5.72. The van der Waals surface area contributed by atoms with Crippen molar-refractivity contribution in [1.29, 1.82) is 0 Å². The van der Waals surface area contributed by atoms with E-state index in [0.717, 1.165) is 23.9 Å². The van der Waals surface area contributed by atoms with Crippen LogP contribution in [0.15, 0.2) is 36.5 Å². The van der Waals surface area contributed by atoms with Crippen molar-refractivity contribution in [2.45, 2.75) is 24.6 Å². The van der Waals surface area contributed by atoms with Gasteiger partial charge in [-0.05, 0) is 36.3 Å². The van der Waals surface area contributed by atoms with E-state index < -0.39 is 0 Å². The first kappa shape index (κ1) is 12.0. The van der Waals surface area contributed by atoms with Crippen LogP contribution in [0, 0.1) is 0 Å². The van der Waals surface area contributed by atoms with Crippen molar-refractivity contribution in [3.8, 4) is 0 Å². The second-order valence-electron chi connectivity index (χ2n) is 4.75. The minimum atomic E-state index is 0.818. The summed E-state index contributed by atoms with van der Waals surface area (Å²) in [4.78, 5) is 4.40. The highest BCUT2D eigenvalue weighted by Crippen LogP contribution is 2.25. The summed E-state index contributed by atoms with van der Waals surface area (Å²) in [6.45, 7) is 2.07. The van der Waals surface area contributed by atoms with Gasteiger partial charge in [0.05, 0.1) is 5.52 Å². The van der Waals surface area contributed by atoms with Crippen LogP contribution >= 0.6 is 11.8 Å². The Morgan fingerprint density at radius 2 is 2.22 bits per heavy atom. The Bertz CT molecular complexity index is 515. The molecule has 1 aromatic carbocycles. The zero-order valence-electron chi connectivity index (χ0n) is 10.4. The Kier molecular flexibility index (Phi) is 3.81. The van der Waals surface area contributed by atoms with Crippen molar-refractivity contribution >= 4 is 22.7 Å². The number of hydrogen-bond donors (Lipinski definition) is 1. The van der Waals surface area contributed by atoms with Gasteiger partial charge in [-0.3, -0.25) is 4.98 Å². The number of nitrogens with zero attached hydrogens (tertiary/aromatic N) is 1. The minimum absolute atomic E-state index is 0.818. The molecule has 1 atom stereocenters. The van der Waals surface area contributed by atoms with Gasteiger partial charge in [0, 0.05) is 29.9 Å². The maximum absolute atomic E-state index is 4.40. The third kappa shape index (κ3) is 2.68. The van der Waals surface area contributed by atoms with Gasteiger partial charge in [0.25, 0.3) is 0 Å². The van der Waals surface area contributed by atoms with Crippen molar-refractivity contribution in [2.24, 2.45) is 0 Å². The summed E-state index contributed by atoms with van der Waals surface area (Å²) in [6.07, 6.45) is 4.66. The highest BCUT2D eigenvalue weighted by atomic mass is 32.2. The highest BCUT2D eigenvalue weighted by molar-refractivity contribution is 8.00. The van der Waals surface area contributed by atoms with E-state index >= 15 is 0 Å². The molecule has 1 fully saturated rings. The standard InChI is InChI=1S/C15H18N2S/c1-2-6-15-14(5-1)12(7-8-17-15)10-16-11-13-4-3-9-18-13/h1-2,5-8,13,16H,3-4,9-11H2. The summed E-state index contributed by atoms with van der Waals surface area (Å²) >= 11 is 2.11. The van der Waals surface area contributed by atoms with Gasteiger partial charge in [-0.25, -0.2) is 0 Å². The van der Waals surface area contributed by atoms with Crippen molar-refractivity contribution in [2.75, 3.05) is 12.3 Å². The minimum Gasteiger partial charge on any atom is -0.312 e. The molecule has 1 aromatic heterocycles. The van der Waals surface area contributed by atoms with Gasteiger partial charge < -0.3 is 5.32 Å². The Morgan fingerprint density at radius 3 is 3.11 bits per heavy atom. The first-order valence-electron chi connectivity index (χ1n) is 6.58. The van der Waals surface area contributed by atoms with Crippen LogP contribution < -0.4 is 5.32 Å². The highest BCUT2D eigenvalue weighted by Gasteiger charge is 2.14. The molecule has 0 spiro atoms. The summed E-state index contributed by atoms with van der Waals surface area (Å²) in [5.41, 5.74) is 2.44. The average Bonchev–Trinajstić information content (AvgIpc) is 2.92. The van der Waals surface area contributed by atoms with Crippen LogP contribution in [0.4, 0.5) is 0 Å². The van der Waals surface area contributed by atoms with Crippen LogP contribution in [0.1, 0.15) is 18.4 Å². The van der Waals surface area contributed by atoms with Gasteiger partial charge in [-0.15, -0.1) is 0 Å². The lowest BCUT2D eigenvalue weighted by molar-refractivity contribution is 0.647. The third-order valence-corrected chi connectivity index (χ3v) is 4.85. The van der Waals surface area contributed by atoms with Crippen molar-refractivity contribution in [3.05, 3.63) is 42.1 Å². The molecule has 3 rings (SSSR count). The maximum Gasteiger partial charge on any atom is 0.0705 e. The molecule has 0 amide bonds. The van der Waals surface area contributed by atoms with E-state index in [2.05, 4.69) is 46.3 Å². The molecule has 2 aromatic rings. The summed E-state index contributed by atoms with van der Waals surface area (Å²) in [7, 11) is 0. The molecular weight excluding hydrogens is 240 g/mol. The summed E-state index contributed by atoms with van der Waals surface area (Å²) in [5, 5.41) is 5.67. The fourth-order valence-corrected chi connectivity index (χ4v) is 3.72. The van der Waals surface area contributed by atoms with Crippen molar-refractivity contribution in [1.82, 2.24) is 10.3 Å². The van der Waals surface area contributed by atoms with Gasteiger partial charge in [0.1, 0.15) is 0 Å². The van der Waals surface area contributed by atoms with Crippen LogP contribution in [0.5, 0.6) is 0 Å². The van der Waals surface area contributed by atoms with Gasteiger partial charge in [-0.1, -0.05) is 18.2 Å². The Hall–Kier alpha value is -1.06. The molecule has 1 aliphatic rings. The molecule has 3 heteroatoms. The van der Waals surface area contributed by atoms with E-state index in [1.165, 1.54) is 29.5 Å². The number of thioether (sulfide) groups is 1. The van der Waals surface area contributed by atoms with E-state index in [0.29, 0.717) is 0 Å². The summed E-state index contributed by atoms with van der Waals surface area (Å²) < 4.78 is 0. The molecule has 0 bridgehead atoms.